The van der Waals surface area contributed by atoms with Crippen molar-refractivity contribution in [1.82, 2.24) is 0 Å². The van der Waals surface area contributed by atoms with Gasteiger partial charge in [0.1, 0.15) is 17.9 Å². The number of hydrogen-bond acceptors (Lipinski definition) is 4. The summed E-state index contributed by atoms with van der Waals surface area (Å²) in [5, 5.41) is 20.1. The zero-order valence-electron chi connectivity index (χ0n) is 13.5. The van der Waals surface area contributed by atoms with Gasteiger partial charge in [-0.05, 0) is 43.9 Å². The van der Waals surface area contributed by atoms with E-state index in [4.69, 9.17) is 4.42 Å². The first-order chi connectivity index (χ1) is 11.1. The summed E-state index contributed by atoms with van der Waals surface area (Å²) >= 11 is 0. The fraction of sp³-hybridized carbons (Fsp3) is 0.500. The maximum atomic E-state index is 11.9. The lowest BCUT2D eigenvalue weighted by atomic mass is 9.98. The Bertz CT molecular complexity index is 751. The normalized spacial score (nSPS) is 21.7. The first-order valence-electron chi connectivity index (χ1n) is 8.30. The Morgan fingerprint density at radius 3 is 2.91 bits per heavy atom. The number of aryl methyl sites for hydroxylation is 1. The Morgan fingerprint density at radius 1 is 1.30 bits per heavy atom. The van der Waals surface area contributed by atoms with Crippen LogP contribution in [0.4, 0.5) is 0 Å². The van der Waals surface area contributed by atoms with Crippen LogP contribution in [0.5, 0.6) is 5.75 Å². The van der Waals surface area contributed by atoms with E-state index in [-0.39, 0.29) is 18.0 Å². The van der Waals surface area contributed by atoms with Gasteiger partial charge in [0.25, 0.3) is 0 Å². The van der Waals surface area contributed by atoms with E-state index in [1.807, 2.05) is 0 Å². The summed E-state index contributed by atoms with van der Waals surface area (Å²) in [6.45, 7) is 3.75. The Hall–Kier alpha value is -1.85. The molecular formula is C18H24NO4+. The molecule has 1 fully saturated rings. The van der Waals surface area contributed by atoms with E-state index in [1.165, 1.54) is 23.8 Å². The molecule has 1 saturated heterocycles. The fourth-order valence-corrected chi connectivity index (χ4v) is 3.64. The van der Waals surface area contributed by atoms with Crippen molar-refractivity contribution in [1.29, 1.82) is 0 Å². The highest BCUT2D eigenvalue weighted by Gasteiger charge is 2.26. The first kappa shape index (κ1) is 16.0. The number of fused-ring (bicyclic) bond motifs is 1. The summed E-state index contributed by atoms with van der Waals surface area (Å²) in [5.74, 6) is 0.216. The number of phenols is 1. The number of aliphatic hydroxyl groups excluding tert-OH is 1. The van der Waals surface area contributed by atoms with Crippen molar-refractivity contribution < 1.29 is 19.5 Å². The Balaban J connectivity index is 1.98. The highest BCUT2D eigenvalue weighted by molar-refractivity contribution is 5.82. The van der Waals surface area contributed by atoms with Gasteiger partial charge in [-0.3, -0.25) is 0 Å². The van der Waals surface area contributed by atoms with E-state index in [9.17, 15) is 15.0 Å². The van der Waals surface area contributed by atoms with Crippen LogP contribution < -0.4 is 10.5 Å². The molecule has 3 rings (SSSR count). The number of benzene rings is 1. The van der Waals surface area contributed by atoms with Gasteiger partial charge in [-0.2, -0.15) is 0 Å². The third-order valence-corrected chi connectivity index (χ3v) is 4.92. The molecule has 0 bridgehead atoms. The molecule has 1 aliphatic rings. The lowest BCUT2D eigenvalue weighted by molar-refractivity contribution is -0.944. The second kappa shape index (κ2) is 6.72. The third kappa shape index (κ3) is 3.41. The van der Waals surface area contributed by atoms with Gasteiger partial charge in [0.2, 0.25) is 0 Å². The van der Waals surface area contributed by atoms with Gasteiger partial charge in [-0.15, -0.1) is 0 Å². The number of hydrogen-bond donors (Lipinski definition) is 3. The molecule has 23 heavy (non-hydrogen) atoms. The van der Waals surface area contributed by atoms with Crippen LogP contribution in [0, 0.1) is 6.92 Å². The molecule has 2 atom stereocenters. The second-order valence-electron chi connectivity index (χ2n) is 6.52. The summed E-state index contributed by atoms with van der Waals surface area (Å²) < 4.78 is 5.29. The maximum absolute atomic E-state index is 11.9. The zero-order valence-corrected chi connectivity index (χ0v) is 13.5. The number of piperidine rings is 1. The van der Waals surface area contributed by atoms with Gasteiger partial charge in [0, 0.05) is 30.0 Å². The third-order valence-electron chi connectivity index (χ3n) is 4.92. The minimum absolute atomic E-state index is 0.200. The lowest BCUT2D eigenvalue weighted by Gasteiger charge is -2.32. The van der Waals surface area contributed by atoms with Crippen molar-refractivity contribution in [2.45, 2.75) is 45.2 Å². The summed E-state index contributed by atoms with van der Waals surface area (Å²) in [5.41, 5.74) is 1.78. The van der Waals surface area contributed by atoms with E-state index in [0.717, 1.165) is 36.9 Å². The molecule has 0 spiro atoms. The molecule has 1 aromatic carbocycles. The predicted molar refractivity (Wildman–Crippen MR) is 87.8 cm³/mol. The van der Waals surface area contributed by atoms with Gasteiger partial charge >= 0.3 is 5.63 Å². The van der Waals surface area contributed by atoms with E-state index < -0.39 is 0 Å². The molecule has 2 aromatic rings. The highest BCUT2D eigenvalue weighted by Crippen LogP contribution is 2.25. The number of quaternary nitrogens is 1. The number of likely N-dealkylation sites (tertiary alicyclic amines) is 1. The smallest absolute Gasteiger partial charge is 0.336 e. The van der Waals surface area contributed by atoms with Crippen LogP contribution in [0.25, 0.3) is 11.0 Å². The molecule has 3 N–H and O–H groups in total. The summed E-state index contributed by atoms with van der Waals surface area (Å²) in [6, 6.07) is 5.36. The van der Waals surface area contributed by atoms with Crippen LogP contribution in [-0.2, 0) is 6.54 Å². The Labute approximate surface area is 135 Å². The zero-order chi connectivity index (χ0) is 16.4. The maximum Gasteiger partial charge on any atom is 0.336 e. The van der Waals surface area contributed by atoms with Crippen LogP contribution in [0.15, 0.2) is 27.4 Å². The van der Waals surface area contributed by atoms with Crippen molar-refractivity contribution in [3.8, 4) is 5.75 Å². The van der Waals surface area contributed by atoms with E-state index in [2.05, 4.69) is 0 Å². The molecule has 0 radical (unpaired) electrons. The van der Waals surface area contributed by atoms with E-state index in [0.29, 0.717) is 17.2 Å². The Kier molecular flexibility index (Phi) is 4.68. The number of aliphatic hydroxyl groups is 1. The van der Waals surface area contributed by atoms with Crippen molar-refractivity contribution >= 4 is 11.0 Å². The molecule has 1 unspecified atom stereocenters. The van der Waals surface area contributed by atoms with Crippen molar-refractivity contribution in [2.24, 2.45) is 0 Å². The summed E-state index contributed by atoms with van der Waals surface area (Å²) in [4.78, 5) is 13.3. The van der Waals surface area contributed by atoms with Gasteiger partial charge in [-0.1, -0.05) is 0 Å². The quantitative estimate of drug-likeness (QED) is 0.739. The number of aromatic hydroxyl groups is 1. The standard InChI is InChI=1S/C18H23NO4/c1-12-8-17-15(10-16(12)21)13(9-18(22)23-17)11-19-6-3-2-4-14(19)5-7-20/h8-10,14,20-21H,2-7,11H2,1H3/p+1/t14-/m0/s1. The van der Waals surface area contributed by atoms with Crippen LogP contribution in [0.3, 0.4) is 0 Å². The SMILES string of the molecule is Cc1cc2oc(=O)cc(C[NH+]3CCCC[C@H]3CCO)c2cc1O. The van der Waals surface area contributed by atoms with Crippen LogP contribution in [0.2, 0.25) is 0 Å². The van der Waals surface area contributed by atoms with Crippen molar-refractivity contribution in [3.05, 3.63) is 39.7 Å². The predicted octanol–water partition coefficient (Wildman–Crippen LogP) is 1.13. The minimum atomic E-state index is -0.354. The molecule has 5 nitrogen and oxygen atoms in total. The van der Waals surface area contributed by atoms with E-state index >= 15 is 0 Å². The molecule has 0 aliphatic carbocycles. The molecule has 1 aromatic heterocycles. The number of rotatable bonds is 4. The van der Waals surface area contributed by atoms with Crippen LogP contribution in [0.1, 0.15) is 36.8 Å². The molecule has 0 saturated carbocycles. The largest absolute Gasteiger partial charge is 0.508 e. The summed E-state index contributed by atoms with van der Waals surface area (Å²) in [6.07, 6.45) is 4.27. The molecule has 0 amide bonds. The number of phenolic OH excluding ortho intramolecular Hbond substituents is 1. The van der Waals surface area contributed by atoms with Crippen molar-refractivity contribution in [2.75, 3.05) is 13.2 Å². The molecular weight excluding hydrogens is 294 g/mol. The first-order valence-corrected chi connectivity index (χ1v) is 8.30. The highest BCUT2D eigenvalue weighted by atomic mass is 16.4. The van der Waals surface area contributed by atoms with Gasteiger partial charge in [0.15, 0.2) is 0 Å². The minimum Gasteiger partial charge on any atom is -0.508 e. The van der Waals surface area contributed by atoms with E-state index in [1.54, 1.807) is 19.1 Å². The molecule has 5 heteroatoms. The molecule has 124 valence electrons. The van der Waals surface area contributed by atoms with Gasteiger partial charge < -0.3 is 19.5 Å². The topological polar surface area (TPSA) is 75.1 Å². The lowest BCUT2D eigenvalue weighted by Crippen LogP contribution is -3.15. The van der Waals surface area contributed by atoms with Crippen molar-refractivity contribution in [3.63, 3.8) is 0 Å². The monoisotopic (exact) mass is 318 g/mol. The summed E-state index contributed by atoms with van der Waals surface area (Å²) in [7, 11) is 0. The average molecular weight is 318 g/mol. The Morgan fingerprint density at radius 2 is 2.13 bits per heavy atom. The van der Waals surface area contributed by atoms with Crippen LogP contribution >= 0.6 is 0 Å². The van der Waals surface area contributed by atoms with Gasteiger partial charge in [0.05, 0.1) is 12.6 Å². The molecule has 2 heterocycles. The molecule has 1 aliphatic heterocycles. The second-order valence-corrected chi connectivity index (χ2v) is 6.52. The van der Waals surface area contributed by atoms with Gasteiger partial charge in [-0.25, -0.2) is 4.79 Å². The average Bonchev–Trinajstić information content (AvgIpc) is 2.51. The van der Waals surface area contributed by atoms with Crippen LogP contribution in [-0.4, -0.2) is 29.4 Å². The fourth-order valence-electron chi connectivity index (χ4n) is 3.64. The number of nitrogens with one attached hydrogen (secondary N) is 1.